The highest BCUT2D eigenvalue weighted by atomic mass is 79.9. The lowest BCUT2D eigenvalue weighted by molar-refractivity contribution is 0.267. The number of aliphatic hydroxyl groups is 1. The molecule has 0 saturated carbocycles. The van der Waals surface area contributed by atoms with Crippen LogP contribution in [0.2, 0.25) is 0 Å². The van der Waals surface area contributed by atoms with Crippen LogP contribution in [0, 0.1) is 6.92 Å². The van der Waals surface area contributed by atoms with E-state index in [1.807, 2.05) is 25.1 Å². The van der Waals surface area contributed by atoms with E-state index in [9.17, 15) is 0 Å². The van der Waals surface area contributed by atoms with Crippen molar-refractivity contribution in [2.45, 2.75) is 13.0 Å². The molecule has 1 atom stereocenters. The Morgan fingerprint density at radius 1 is 1.58 bits per heavy atom. The lowest BCUT2D eigenvalue weighted by atomic mass is 10.0. The SMILES string of the molecule is Cc1cccc(Br)c1[C@H](N)CO. The number of rotatable bonds is 2. The molecule has 1 rings (SSSR count). The molecule has 0 aliphatic heterocycles. The quantitative estimate of drug-likeness (QED) is 0.812. The van der Waals surface area contributed by atoms with Crippen molar-refractivity contribution < 1.29 is 5.11 Å². The topological polar surface area (TPSA) is 46.2 Å². The third-order valence-corrected chi connectivity index (χ3v) is 2.53. The van der Waals surface area contributed by atoms with Crippen LogP contribution in [0.1, 0.15) is 17.2 Å². The van der Waals surface area contributed by atoms with Gasteiger partial charge in [0.1, 0.15) is 0 Å². The molecule has 0 aliphatic rings. The molecule has 0 fully saturated rings. The Morgan fingerprint density at radius 2 is 2.25 bits per heavy atom. The fourth-order valence-electron chi connectivity index (χ4n) is 1.21. The second kappa shape index (κ2) is 4.03. The summed E-state index contributed by atoms with van der Waals surface area (Å²) in [6.07, 6.45) is 0. The molecule has 0 aromatic heterocycles. The van der Waals surface area contributed by atoms with E-state index in [2.05, 4.69) is 15.9 Å². The van der Waals surface area contributed by atoms with Gasteiger partial charge in [-0.3, -0.25) is 0 Å². The maximum absolute atomic E-state index is 8.89. The molecule has 0 spiro atoms. The van der Waals surface area contributed by atoms with Gasteiger partial charge in [-0.1, -0.05) is 28.1 Å². The van der Waals surface area contributed by atoms with Crippen LogP contribution in [0.15, 0.2) is 22.7 Å². The standard InChI is InChI=1S/C9H12BrNO/c1-6-3-2-4-7(10)9(6)8(11)5-12/h2-4,8,12H,5,11H2,1H3/t8-/m1/s1. The van der Waals surface area contributed by atoms with Crippen molar-refractivity contribution in [3.8, 4) is 0 Å². The van der Waals surface area contributed by atoms with Gasteiger partial charge in [-0.05, 0) is 24.1 Å². The summed E-state index contributed by atoms with van der Waals surface area (Å²) in [5.41, 5.74) is 7.80. The minimum Gasteiger partial charge on any atom is -0.394 e. The van der Waals surface area contributed by atoms with Gasteiger partial charge in [0.25, 0.3) is 0 Å². The molecule has 0 aliphatic carbocycles. The predicted molar refractivity (Wildman–Crippen MR) is 52.9 cm³/mol. The number of aliphatic hydroxyl groups excluding tert-OH is 1. The van der Waals surface area contributed by atoms with Gasteiger partial charge >= 0.3 is 0 Å². The molecule has 66 valence electrons. The Balaban J connectivity index is 3.12. The van der Waals surface area contributed by atoms with Crippen LogP contribution in [0.25, 0.3) is 0 Å². The maximum atomic E-state index is 8.89. The first-order valence-corrected chi connectivity index (χ1v) is 4.57. The molecule has 0 bridgehead atoms. The second-order valence-electron chi connectivity index (χ2n) is 2.76. The predicted octanol–water partition coefficient (Wildman–Crippen LogP) is 1.75. The number of nitrogens with two attached hydrogens (primary N) is 1. The molecule has 1 aromatic carbocycles. The Hall–Kier alpha value is -0.380. The van der Waals surface area contributed by atoms with Gasteiger partial charge in [0.05, 0.1) is 12.6 Å². The Kier molecular flexibility index (Phi) is 3.26. The number of benzene rings is 1. The molecular formula is C9H12BrNO. The molecule has 3 heteroatoms. The molecule has 1 aromatic rings. The van der Waals surface area contributed by atoms with Gasteiger partial charge in [-0.25, -0.2) is 0 Å². The maximum Gasteiger partial charge on any atom is 0.0624 e. The molecule has 0 saturated heterocycles. The summed E-state index contributed by atoms with van der Waals surface area (Å²) < 4.78 is 0.962. The number of hydrogen-bond donors (Lipinski definition) is 2. The molecule has 0 radical (unpaired) electrons. The van der Waals surface area contributed by atoms with Gasteiger partial charge in [-0.15, -0.1) is 0 Å². The zero-order valence-corrected chi connectivity index (χ0v) is 8.51. The average Bonchev–Trinajstić information content (AvgIpc) is 2.03. The molecule has 0 heterocycles. The first-order valence-electron chi connectivity index (χ1n) is 3.78. The summed E-state index contributed by atoms with van der Waals surface area (Å²) in [6, 6.07) is 5.57. The van der Waals surface area contributed by atoms with E-state index < -0.39 is 0 Å². The summed E-state index contributed by atoms with van der Waals surface area (Å²) in [6.45, 7) is 1.96. The van der Waals surface area contributed by atoms with Crippen LogP contribution >= 0.6 is 15.9 Å². The second-order valence-corrected chi connectivity index (χ2v) is 3.61. The van der Waals surface area contributed by atoms with Crippen LogP contribution in [0.4, 0.5) is 0 Å². The van der Waals surface area contributed by atoms with Crippen LogP contribution in [-0.2, 0) is 0 Å². The van der Waals surface area contributed by atoms with Crippen molar-refractivity contribution in [2.75, 3.05) is 6.61 Å². The fraction of sp³-hybridized carbons (Fsp3) is 0.333. The van der Waals surface area contributed by atoms with Crippen LogP contribution in [0.5, 0.6) is 0 Å². The summed E-state index contributed by atoms with van der Waals surface area (Å²) >= 11 is 3.40. The first kappa shape index (κ1) is 9.71. The van der Waals surface area contributed by atoms with Crippen molar-refractivity contribution in [1.29, 1.82) is 0 Å². The highest BCUT2D eigenvalue weighted by molar-refractivity contribution is 9.10. The molecule has 2 nitrogen and oxygen atoms in total. The highest BCUT2D eigenvalue weighted by Gasteiger charge is 2.10. The third kappa shape index (κ3) is 1.86. The van der Waals surface area contributed by atoms with E-state index >= 15 is 0 Å². The smallest absolute Gasteiger partial charge is 0.0624 e. The number of halogens is 1. The van der Waals surface area contributed by atoms with E-state index in [1.54, 1.807) is 0 Å². The van der Waals surface area contributed by atoms with Crippen molar-refractivity contribution in [3.05, 3.63) is 33.8 Å². The number of aryl methyl sites for hydroxylation is 1. The van der Waals surface area contributed by atoms with Gasteiger partial charge in [0.2, 0.25) is 0 Å². The molecule has 0 unspecified atom stereocenters. The third-order valence-electron chi connectivity index (χ3n) is 1.84. The average molecular weight is 230 g/mol. The number of hydrogen-bond acceptors (Lipinski definition) is 2. The van der Waals surface area contributed by atoms with E-state index in [-0.39, 0.29) is 12.6 Å². The minimum atomic E-state index is -0.291. The van der Waals surface area contributed by atoms with Crippen molar-refractivity contribution in [2.24, 2.45) is 5.73 Å². The van der Waals surface area contributed by atoms with E-state index in [1.165, 1.54) is 0 Å². The first-order chi connectivity index (χ1) is 5.66. The summed E-state index contributed by atoms with van der Waals surface area (Å²) in [5, 5.41) is 8.89. The zero-order valence-electron chi connectivity index (χ0n) is 6.92. The van der Waals surface area contributed by atoms with Crippen LogP contribution < -0.4 is 5.73 Å². The monoisotopic (exact) mass is 229 g/mol. The van der Waals surface area contributed by atoms with Crippen molar-refractivity contribution >= 4 is 15.9 Å². The van der Waals surface area contributed by atoms with E-state index in [4.69, 9.17) is 10.8 Å². The van der Waals surface area contributed by atoms with Crippen molar-refractivity contribution in [1.82, 2.24) is 0 Å². The normalized spacial score (nSPS) is 13.0. The largest absolute Gasteiger partial charge is 0.394 e. The fourth-order valence-corrected chi connectivity index (χ4v) is 1.97. The molecule has 3 N–H and O–H groups in total. The highest BCUT2D eigenvalue weighted by Crippen LogP contribution is 2.24. The minimum absolute atomic E-state index is 0.0244. The lowest BCUT2D eigenvalue weighted by Crippen LogP contribution is -2.16. The van der Waals surface area contributed by atoms with Gasteiger partial charge in [-0.2, -0.15) is 0 Å². The van der Waals surface area contributed by atoms with Gasteiger partial charge < -0.3 is 10.8 Å². The lowest BCUT2D eigenvalue weighted by Gasteiger charge is -2.13. The Morgan fingerprint density at radius 3 is 2.75 bits per heavy atom. The Labute approximate surface area is 80.5 Å². The van der Waals surface area contributed by atoms with E-state index in [0.29, 0.717) is 0 Å². The summed E-state index contributed by atoms with van der Waals surface area (Å²) in [5.74, 6) is 0. The molecule has 0 amide bonds. The Bertz CT molecular complexity index is 255. The summed E-state index contributed by atoms with van der Waals surface area (Å²) in [7, 11) is 0. The van der Waals surface area contributed by atoms with Crippen LogP contribution in [0.3, 0.4) is 0 Å². The van der Waals surface area contributed by atoms with Crippen LogP contribution in [-0.4, -0.2) is 11.7 Å². The molecular weight excluding hydrogens is 218 g/mol. The summed E-state index contributed by atoms with van der Waals surface area (Å²) in [4.78, 5) is 0. The van der Waals surface area contributed by atoms with Gasteiger partial charge in [0, 0.05) is 4.47 Å². The van der Waals surface area contributed by atoms with Crippen molar-refractivity contribution in [3.63, 3.8) is 0 Å². The van der Waals surface area contributed by atoms with E-state index in [0.717, 1.165) is 15.6 Å². The van der Waals surface area contributed by atoms with Gasteiger partial charge in [0.15, 0.2) is 0 Å². The zero-order chi connectivity index (χ0) is 9.14. The molecule has 12 heavy (non-hydrogen) atoms.